The van der Waals surface area contributed by atoms with E-state index < -0.39 is 16.1 Å². The number of nitrogens with two attached hydrogens (primary N) is 1. The molecule has 2 amide bonds. The molecule has 4 rings (SSSR count). The number of rotatable bonds is 12. The molecule has 226 valence electrons. The van der Waals surface area contributed by atoms with E-state index in [-0.39, 0.29) is 29.7 Å². The smallest absolute Gasteiger partial charge is 0.407 e. The Hall–Kier alpha value is -3.74. The van der Waals surface area contributed by atoms with Crippen molar-refractivity contribution < 1.29 is 27.9 Å². The predicted octanol–water partition coefficient (Wildman–Crippen LogP) is 3.12. The van der Waals surface area contributed by atoms with Gasteiger partial charge in [-0.3, -0.25) is 4.79 Å². The third kappa shape index (κ3) is 7.36. The number of carbonyl (C=O) groups is 2. The van der Waals surface area contributed by atoms with E-state index in [2.05, 4.69) is 10.3 Å². The number of alkyl carbamates (subject to hydrolysis) is 1. The number of sulfonamides is 1. The van der Waals surface area contributed by atoms with Crippen molar-refractivity contribution in [1.82, 2.24) is 14.5 Å². The molecule has 1 saturated heterocycles. The second kappa shape index (κ2) is 14.0. The number of carbonyl (C=O) groups excluding carboxylic acids is 2. The van der Waals surface area contributed by atoms with Crippen LogP contribution in [-0.4, -0.2) is 86.5 Å². The van der Waals surface area contributed by atoms with Crippen LogP contribution in [0.2, 0.25) is 0 Å². The first-order valence-electron chi connectivity index (χ1n) is 14.2. The highest BCUT2D eigenvalue weighted by Crippen LogP contribution is 2.34. The number of benzene rings is 2. The van der Waals surface area contributed by atoms with Crippen LogP contribution in [0.3, 0.4) is 0 Å². The van der Waals surface area contributed by atoms with Gasteiger partial charge in [0.25, 0.3) is 0 Å². The van der Waals surface area contributed by atoms with Gasteiger partial charge in [0.1, 0.15) is 5.84 Å². The second-order valence-electron chi connectivity index (χ2n) is 10.4. The number of fused-ring (bicyclic) bond motifs is 1. The number of nitrogens with zero attached hydrogens (tertiary/aromatic N) is 3. The average molecular weight is 598 g/mol. The van der Waals surface area contributed by atoms with Gasteiger partial charge < -0.3 is 25.8 Å². The summed E-state index contributed by atoms with van der Waals surface area (Å²) in [5, 5.41) is 11.9. The molecule has 0 unspecified atom stereocenters. The van der Waals surface area contributed by atoms with Crippen molar-refractivity contribution in [2.75, 3.05) is 45.9 Å². The Morgan fingerprint density at radius 1 is 1.14 bits per heavy atom. The summed E-state index contributed by atoms with van der Waals surface area (Å²) >= 11 is 0. The summed E-state index contributed by atoms with van der Waals surface area (Å²) in [6.45, 7) is 6.05. The number of hydrogen-bond donors (Lipinski definition) is 3. The minimum atomic E-state index is -3.66. The van der Waals surface area contributed by atoms with Crippen molar-refractivity contribution in [3.8, 4) is 11.1 Å². The summed E-state index contributed by atoms with van der Waals surface area (Å²) in [6.07, 6.45) is 2.89. The molecule has 42 heavy (non-hydrogen) atoms. The normalized spacial score (nSPS) is 15.5. The summed E-state index contributed by atoms with van der Waals surface area (Å²) in [7, 11) is -3.66. The first kappa shape index (κ1) is 31.2. The Morgan fingerprint density at radius 2 is 1.90 bits per heavy atom. The van der Waals surface area contributed by atoms with Crippen molar-refractivity contribution in [2.45, 2.75) is 38.0 Å². The van der Waals surface area contributed by atoms with Crippen LogP contribution in [0, 0.1) is 5.92 Å². The van der Waals surface area contributed by atoms with E-state index in [1.165, 1.54) is 4.31 Å². The van der Waals surface area contributed by atoms with Gasteiger partial charge in [-0.2, -0.15) is 4.31 Å². The molecule has 2 aliphatic heterocycles. The zero-order valence-electron chi connectivity index (χ0n) is 24.1. The van der Waals surface area contributed by atoms with Crippen LogP contribution in [0.5, 0.6) is 0 Å². The number of ether oxygens (including phenoxy) is 1. The molecule has 2 aromatic rings. The molecule has 2 aromatic carbocycles. The quantitative estimate of drug-likeness (QED) is 0.318. The van der Waals surface area contributed by atoms with Crippen molar-refractivity contribution in [2.24, 2.45) is 16.6 Å². The lowest BCUT2D eigenvalue weighted by Gasteiger charge is -2.36. The van der Waals surface area contributed by atoms with Crippen LogP contribution in [0.25, 0.3) is 17.2 Å². The van der Waals surface area contributed by atoms with Crippen LogP contribution in [0.1, 0.15) is 38.7 Å². The molecule has 0 saturated carbocycles. The van der Waals surface area contributed by atoms with Crippen LogP contribution >= 0.6 is 0 Å². The number of nitrogens with one attached hydrogen (secondary N) is 1. The molecule has 2 aliphatic rings. The molecule has 0 bridgehead atoms. The van der Waals surface area contributed by atoms with Gasteiger partial charge in [0.15, 0.2) is 0 Å². The first-order valence-corrected chi connectivity index (χ1v) is 15.7. The molecule has 0 radical (unpaired) electrons. The molecule has 12 heteroatoms. The molecule has 2 heterocycles. The van der Waals surface area contributed by atoms with Gasteiger partial charge >= 0.3 is 6.09 Å². The van der Waals surface area contributed by atoms with Gasteiger partial charge in [-0.05, 0) is 55.2 Å². The third-order valence-electron chi connectivity index (χ3n) is 7.19. The predicted molar refractivity (Wildman–Crippen MR) is 162 cm³/mol. The molecule has 0 atom stereocenters. The van der Waals surface area contributed by atoms with Crippen LogP contribution in [0.4, 0.5) is 10.5 Å². The minimum Gasteiger partial charge on any atom is -0.450 e. The number of aliphatic imine (C=N–C) groups is 1. The second-order valence-corrected chi connectivity index (χ2v) is 12.4. The largest absolute Gasteiger partial charge is 0.450 e. The monoisotopic (exact) mass is 597 g/mol. The van der Waals surface area contributed by atoms with Crippen LogP contribution < -0.4 is 11.1 Å². The molecular weight excluding hydrogens is 558 g/mol. The average Bonchev–Trinajstić information content (AvgIpc) is 3.11. The van der Waals surface area contributed by atoms with Gasteiger partial charge in [0.2, 0.25) is 15.9 Å². The van der Waals surface area contributed by atoms with Gasteiger partial charge in [-0.15, -0.1) is 0 Å². The Balaban J connectivity index is 1.52. The van der Waals surface area contributed by atoms with Gasteiger partial charge in [-0.1, -0.05) is 31.2 Å². The topological polar surface area (TPSA) is 155 Å². The fourth-order valence-corrected chi connectivity index (χ4v) is 6.60. The van der Waals surface area contributed by atoms with Crippen molar-refractivity contribution in [3.05, 3.63) is 53.6 Å². The van der Waals surface area contributed by atoms with E-state index >= 15 is 0 Å². The standard InChI is InChI=1S/C30H39N5O6S/c1-3-12-34(13-6-11-32-30(38)41-4-2)29(37)25-14-24-10-9-23(16-27(24)33-28(31)17-25)22-7-5-8-26(15-22)42(39,40)35-18-21(19-35)20-36/h5,7-10,14-16,21,36H,3-4,6,11-13,17-20H2,1-2H3,(H2,31,33)(H,32,38). The van der Waals surface area contributed by atoms with Crippen LogP contribution in [-0.2, 0) is 19.6 Å². The molecule has 1 fully saturated rings. The zero-order valence-corrected chi connectivity index (χ0v) is 24.9. The number of aliphatic hydroxyl groups excluding tert-OH is 1. The molecule has 0 aromatic heterocycles. The molecule has 11 nitrogen and oxygen atoms in total. The molecule has 0 aliphatic carbocycles. The van der Waals surface area contributed by atoms with Crippen molar-refractivity contribution in [3.63, 3.8) is 0 Å². The highest BCUT2D eigenvalue weighted by atomic mass is 32.2. The third-order valence-corrected chi connectivity index (χ3v) is 9.02. The number of amidine groups is 1. The van der Waals surface area contributed by atoms with E-state index in [1.54, 1.807) is 30.0 Å². The Kier molecular flexibility index (Phi) is 10.4. The lowest BCUT2D eigenvalue weighted by atomic mass is 10.0. The fraction of sp³-hybridized carbons (Fsp3) is 0.433. The fourth-order valence-electron chi connectivity index (χ4n) is 4.96. The van der Waals surface area contributed by atoms with E-state index in [0.717, 1.165) is 17.5 Å². The lowest BCUT2D eigenvalue weighted by Crippen LogP contribution is -2.51. The van der Waals surface area contributed by atoms with Crippen molar-refractivity contribution >= 4 is 39.6 Å². The SMILES string of the molecule is CCCN(CCCNC(=O)OCC)C(=O)C1=Cc2ccc(-c3cccc(S(=O)(=O)N4CC(CO)C4)c3)cc2N=C(N)C1. The van der Waals surface area contributed by atoms with Gasteiger partial charge in [0.05, 0.1) is 17.2 Å². The number of hydrogen-bond acceptors (Lipinski definition) is 8. The number of aliphatic hydroxyl groups is 1. The maximum absolute atomic E-state index is 13.5. The highest BCUT2D eigenvalue weighted by molar-refractivity contribution is 7.89. The summed E-state index contributed by atoms with van der Waals surface area (Å²) in [5.74, 6) is 0.150. The van der Waals surface area contributed by atoms with Crippen molar-refractivity contribution in [1.29, 1.82) is 0 Å². The summed E-state index contributed by atoms with van der Waals surface area (Å²) in [4.78, 5) is 31.6. The zero-order chi connectivity index (χ0) is 30.3. The molecular formula is C30H39N5O6S. The first-order chi connectivity index (χ1) is 20.2. The van der Waals surface area contributed by atoms with E-state index in [0.29, 0.717) is 68.4 Å². The number of amides is 2. The summed E-state index contributed by atoms with van der Waals surface area (Å²) in [6, 6.07) is 12.3. The Bertz CT molecular complexity index is 1470. The lowest BCUT2D eigenvalue weighted by molar-refractivity contribution is -0.127. The summed E-state index contributed by atoms with van der Waals surface area (Å²) < 4.78 is 32.4. The molecule has 4 N–H and O–H groups in total. The molecule has 0 spiro atoms. The maximum atomic E-state index is 13.5. The highest BCUT2D eigenvalue weighted by Gasteiger charge is 2.36. The summed E-state index contributed by atoms with van der Waals surface area (Å²) in [5.41, 5.74) is 9.59. The van der Waals surface area contributed by atoms with E-state index in [9.17, 15) is 23.1 Å². The van der Waals surface area contributed by atoms with Gasteiger partial charge in [-0.25, -0.2) is 18.2 Å². The Morgan fingerprint density at radius 3 is 2.62 bits per heavy atom. The van der Waals surface area contributed by atoms with E-state index in [1.807, 2.05) is 37.3 Å². The maximum Gasteiger partial charge on any atom is 0.407 e. The van der Waals surface area contributed by atoms with Gasteiger partial charge in [0, 0.05) is 62.8 Å². The Labute approximate surface area is 247 Å². The van der Waals surface area contributed by atoms with Crippen LogP contribution in [0.15, 0.2) is 57.9 Å². The minimum absolute atomic E-state index is 0.0249. The van der Waals surface area contributed by atoms with E-state index in [4.69, 9.17) is 10.5 Å².